The maximum absolute atomic E-state index is 12.6. The number of ether oxygens (including phenoxy) is 2. The normalized spacial score (nSPS) is 10.7. The van der Waals surface area contributed by atoms with Gasteiger partial charge in [-0.15, -0.1) is 0 Å². The number of hydrogen-bond acceptors (Lipinski definition) is 5. The third-order valence-electron chi connectivity index (χ3n) is 4.63. The quantitative estimate of drug-likeness (QED) is 0.262. The molecule has 1 N–H and O–H groups in total. The van der Waals surface area contributed by atoms with Crippen LogP contribution >= 0.6 is 27.5 Å². The second-order valence-electron chi connectivity index (χ2n) is 6.95. The Balaban J connectivity index is 1.87. The third kappa shape index (κ3) is 6.39. The summed E-state index contributed by atoms with van der Waals surface area (Å²) in [6.45, 7) is 2.40. The number of anilines is 1. The van der Waals surface area contributed by atoms with Gasteiger partial charge in [-0.1, -0.05) is 51.8 Å². The number of nitrogens with zero attached hydrogens (tertiary/aromatic N) is 2. The molecule has 0 saturated heterocycles. The Morgan fingerprint density at radius 1 is 1.09 bits per heavy atom. The number of hydrogen-bond donors (Lipinski definition) is 1. The maximum Gasteiger partial charge on any atom is 0.266 e. The molecule has 0 heterocycles. The van der Waals surface area contributed by atoms with Gasteiger partial charge < -0.3 is 14.8 Å². The van der Waals surface area contributed by atoms with Gasteiger partial charge in [-0.3, -0.25) is 4.79 Å². The van der Waals surface area contributed by atoms with Crippen LogP contribution in [0.25, 0.3) is 6.08 Å². The van der Waals surface area contributed by atoms with Gasteiger partial charge in [0.1, 0.15) is 18.2 Å². The third-order valence-corrected chi connectivity index (χ3v) is 5.55. The summed E-state index contributed by atoms with van der Waals surface area (Å²) < 4.78 is 12.3. The molecule has 0 aromatic heterocycles. The molecule has 0 bridgehead atoms. The van der Waals surface area contributed by atoms with Crippen LogP contribution in [0.4, 0.5) is 5.69 Å². The fraction of sp³-hybridized carbons (Fsp3) is 0.115. The van der Waals surface area contributed by atoms with Crippen LogP contribution in [0.3, 0.4) is 0 Å². The first kappa shape index (κ1) is 24.9. The first-order valence-electron chi connectivity index (χ1n) is 10.2. The minimum absolute atomic E-state index is 0.0975. The lowest BCUT2D eigenvalue weighted by Gasteiger charge is -2.15. The van der Waals surface area contributed by atoms with E-state index in [2.05, 4.69) is 27.3 Å². The van der Waals surface area contributed by atoms with Crippen LogP contribution in [-0.2, 0) is 11.4 Å². The number of rotatable bonds is 8. The SMILES string of the molecule is CCOc1cc(/C=C(\C#N)C(=O)Nc2cccc(Cl)c2)c(Br)cc1OCc1ccccc1C#N. The first-order valence-corrected chi connectivity index (χ1v) is 11.4. The molecule has 0 atom stereocenters. The van der Waals surface area contributed by atoms with E-state index >= 15 is 0 Å². The van der Waals surface area contributed by atoms with Crippen molar-refractivity contribution in [1.82, 2.24) is 0 Å². The summed E-state index contributed by atoms with van der Waals surface area (Å²) in [5.74, 6) is 0.336. The summed E-state index contributed by atoms with van der Waals surface area (Å²) in [6, 6.07) is 21.3. The van der Waals surface area contributed by atoms with Crippen LogP contribution in [0, 0.1) is 22.7 Å². The van der Waals surface area contributed by atoms with Gasteiger partial charge in [-0.2, -0.15) is 10.5 Å². The Labute approximate surface area is 211 Å². The number of benzene rings is 3. The molecule has 0 aliphatic heterocycles. The molecule has 3 rings (SSSR count). The highest BCUT2D eigenvalue weighted by molar-refractivity contribution is 9.10. The second-order valence-corrected chi connectivity index (χ2v) is 8.24. The van der Waals surface area contributed by atoms with Gasteiger partial charge in [-0.25, -0.2) is 0 Å². The number of carbonyl (C=O) groups is 1. The molecule has 3 aromatic carbocycles. The number of nitriles is 2. The lowest BCUT2D eigenvalue weighted by molar-refractivity contribution is -0.112. The van der Waals surface area contributed by atoms with Crippen molar-refractivity contribution in [3.05, 3.63) is 92.4 Å². The van der Waals surface area contributed by atoms with E-state index in [1.165, 1.54) is 6.08 Å². The fourth-order valence-electron chi connectivity index (χ4n) is 3.02. The zero-order valence-electron chi connectivity index (χ0n) is 18.1. The largest absolute Gasteiger partial charge is 0.490 e. The molecule has 0 unspecified atom stereocenters. The van der Waals surface area contributed by atoms with Gasteiger partial charge in [0, 0.05) is 20.7 Å². The Morgan fingerprint density at radius 2 is 1.85 bits per heavy atom. The van der Waals surface area contributed by atoms with E-state index in [9.17, 15) is 15.3 Å². The van der Waals surface area contributed by atoms with Gasteiger partial charge in [0.25, 0.3) is 5.91 Å². The summed E-state index contributed by atoms with van der Waals surface area (Å²) in [7, 11) is 0. The zero-order chi connectivity index (χ0) is 24.5. The molecule has 170 valence electrons. The first-order chi connectivity index (χ1) is 16.4. The van der Waals surface area contributed by atoms with Gasteiger partial charge in [0.15, 0.2) is 11.5 Å². The summed E-state index contributed by atoms with van der Waals surface area (Å²) in [6.07, 6.45) is 1.46. The summed E-state index contributed by atoms with van der Waals surface area (Å²) >= 11 is 9.44. The Morgan fingerprint density at radius 3 is 2.56 bits per heavy atom. The van der Waals surface area contributed by atoms with Crippen molar-refractivity contribution in [3.8, 4) is 23.6 Å². The van der Waals surface area contributed by atoms with Gasteiger partial charge in [0.2, 0.25) is 0 Å². The zero-order valence-corrected chi connectivity index (χ0v) is 20.5. The number of carbonyl (C=O) groups excluding carboxylic acids is 1. The fourth-order valence-corrected chi connectivity index (χ4v) is 3.65. The van der Waals surface area contributed by atoms with Crippen LogP contribution in [0.15, 0.2) is 70.7 Å². The average molecular weight is 537 g/mol. The van der Waals surface area contributed by atoms with E-state index in [4.69, 9.17) is 21.1 Å². The summed E-state index contributed by atoms with van der Waals surface area (Å²) in [5.41, 5.74) is 2.22. The van der Waals surface area contributed by atoms with E-state index in [1.54, 1.807) is 48.5 Å². The molecule has 34 heavy (non-hydrogen) atoms. The molecule has 0 fully saturated rings. The molecule has 0 aliphatic carbocycles. The number of halogens is 2. The molecule has 1 amide bonds. The topological polar surface area (TPSA) is 95.1 Å². The van der Waals surface area contributed by atoms with E-state index < -0.39 is 5.91 Å². The van der Waals surface area contributed by atoms with Crippen molar-refractivity contribution in [1.29, 1.82) is 10.5 Å². The van der Waals surface area contributed by atoms with Crippen molar-refractivity contribution in [2.24, 2.45) is 0 Å². The van der Waals surface area contributed by atoms with Gasteiger partial charge in [-0.05, 0) is 55.0 Å². The molecule has 0 spiro atoms. The predicted octanol–water partition coefficient (Wildman–Crippen LogP) is 6.50. The van der Waals surface area contributed by atoms with Crippen LogP contribution in [0.5, 0.6) is 11.5 Å². The maximum atomic E-state index is 12.6. The van der Waals surface area contributed by atoms with Crippen molar-refractivity contribution in [3.63, 3.8) is 0 Å². The highest BCUT2D eigenvalue weighted by Crippen LogP contribution is 2.35. The van der Waals surface area contributed by atoms with Crippen molar-refractivity contribution >= 4 is 45.2 Å². The molecule has 0 radical (unpaired) electrons. The van der Waals surface area contributed by atoms with E-state index in [0.717, 1.165) is 5.56 Å². The lowest BCUT2D eigenvalue weighted by Crippen LogP contribution is -2.13. The summed E-state index contributed by atoms with van der Waals surface area (Å²) in [5, 5.41) is 22.0. The van der Waals surface area contributed by atoms with Crippen LogP contribution in [0.1, 0.15) is 23.6 Å². The highest BCUT2D eigenvalue weighted by atomic mass is 79.9. The Bertz CT molecular complexity index is 1330. The molecule has 8 heteroatoms. The van der Waals surface area contributed by atoms with Crippen molar-refractivity contribution < 1.29 is 14.3 Å². The number of amides is 1. The average Bonchev–Trinajstić information content (AvgIpc) is 2.83. The van der Waals surface area contributed by atoms with Gasteiger partial charge >= 0.3 is 0 Å². The standard InChI is InChI=1S/C26H19BrClN3O3/c1-2-33-24-11-19(10-20(15-30)26(32)31-22-9-5-8-21(28)12-22)23(27)13-25(24)34-16-18-7-4-3-6-17(18)14-29/h3-13H,2,16H2,1H3,(H,31,32)/b20-10+. The minimum Gasteiger partial charge on any atom is -0.490 e. The molecule has 0 aliphatic rings. The molecule has 0 saturated carbocycles. The minimum atomic E-state index is -0.567. The Kier molecular flexibility index (Phi) is 8.70. The lowest BCUT2D eigenvalue weighted by atomic mass is 10.1. The molecule has 6 nitrogen and oxygen atoms in total. The highest BCUT2D eigenvalue weighted by Gasteiger charge is 2.15. The Hall–Kier alpha value is -3.78. The predicted molar refractivity (Wildman–Crippen MR) is 134 cm³/mol. The molecular formula is C26H19BrClN3O3. The second kappa shape index (κ2) is 11.9. The van der Waals surface area contributed by atoms with Crippen molar-refractivity contribution in [2.45, 2.75) is 13.5 Å². The van der Waals surface area contributed by atoms with E-state index in [1.807, 2.05) is 25.1 Å². The van der Waals surface area contributed by atoms with Gasteiger partial charge in [0.05, 0.1) is 18.2 Å². The molecule has 3 aromatic rings. The van der Waals surface area contributed by atoms with E-state index in [0.29, 0.717) is 44.4 Å². The van der Waals surface area contributed by atoms with Crippen LogP contribution in [0.2, 0.25) is 5.02 Å². The molecular weight excluding hydrogens is 518 g/mol. The van der Waals surface area contributed by atoms with Crippen molar-refractivity contribution in [2.75, 3.05) is 11.9 Å². The van der Waals surface area contributed by atoms with Crippen LogP contribution < -0.4 is 14.8 Å². The van der Waals surface area contributed by atoms with Crippen LogP contribution in [-0.4, -0.2) is 12.5 Å². The smallest absolute Gasteiger partial charge is 0.266 e. The summed E-state index contributed by atoms with van der Waals surface area (Å²) in [4.78, 5) is 12.6. The van der Waals surface area contributed by atoms with E-state index in [-0.39, 0.29) is 12.2 Å². The monoisotopic (exact) mass is 535 g/mol. The number of nitrogens with one attached hydrogen (secondary N) is 1.